The van der Waals surface area contributed by atoms with Gasteiger partial charge in [-0.1, -0.05) is 6.08 Å². The van der Waals surface area contributed by atoms with E-state index in [1.165, 1.54) is 49.4 Å². The quantitative estimate of drug-likeness (QED) is 0.280. The fourth-order valence-corrected chi connectivity index (χ4v) is 4.97. The molecule has 3 aromatic rings. The summed E-state index contributed by atoms with van der Waals surface area (Å²) in [5.74, 6) is -1.11. The molecule has 2 heterocycles. The number of amides is 1. The van der Waals surface area contributed by atoms with Crippen LogP contribution in [0.3, 0.4) is 0 Å². The molecule has 0 saturated heterocycles. The molecule has 2 aromatic carbocycles. The standard InChI is InChI=1S/C26H20N4O9S2/c1-15-21(24(31)29(25(32)23(15)14-27)17-6-10-19(11-7-17)40(34,35)36)4-3-5-22-16(2)28-30(26(22)33)18-8-12-20(13-9-18)41(37,38)39/h3-13,31H,1-2H3,(H,34,35,36)(H,37,38,39)/b4-3-,22-5-. The number of rotatable bonds is 6. The Morgan fingerprint density at radius 1 is 0.878 bits per heavy atom. The fraction of sp³-hybridized carbons (Fsp3) is 0.0769. The normalized spacial score (nSPS) is 15.0. The first-order valence-electron chi connectivity index (χ1n) is 11.5. The molecular formula is C26H20N4O9S2. The summed E-state index contributed by atoms with van der Waals surface area (Å²) in [5.41, 5.74) is -0.186. The van der Waals surface area contributed by atoms with E-state index in [4.69, 9.17) is 4.55 Å². The van der Waals surface area contributed by atoms with Crippen LogP contribution in [0, 0.1) is 18.3 Å². The summed E-state index contributed by atoms with van der Waals surface area (Å²) >= 11 is 0. The van der Waals surface area contributed by atoms with Crippen molar-refractivity contribution in [1.29, 1.82) is 5.26 Å². The minimum Gasteiger partial charge on any atom is -0.494 e. The SMILES string of the molecule is CC1=NN(c2ccc(S(=O)(=O)O)cc2)C(=O)/C1=C\C=C/c1c(C)c(C#N)c(=O)n(-c2ccc(S(=O)(=O)O)cc2)c1O. The lowest BCUT2D eigenvalue weighted by molar-refractivity contribution is -0.114. The Labute approximate surface area is 233 Å². The predicted octanol–water partition coefficient (Wildman–Crippen LogP) is 2.58. The zero-order valence-corrected chi connectivity index (χ0v) is 22.9. The lowest BCUT2D eigenvalue weighted by atomic mass is 10.0. The first-order chi connectivity index (χ1) is 19.1. The highest BCUT2D eigenvalue weighted by molar-refractivity contribution is 7.86. The molecule has 1 aromatic heterocycles. The van der Waals surface area contributed by atoms with Crippen molar-refractivity contribution in [3.8, 4) is 17.6 Å². The van der Waals surface area contributed by atoms with E-state index in [2.05, 4.69) is 5.10 Å². The van der Waals surface area contributed by atoms with Crippen molar-refractivity contribution in [2.45, 2.75) is 23.6 Å². The van der Waals surface area contributed by atoms with Crippen molar-refractivity contribution in [2.75, 3.05) is 5.01 Å². The third-order valence-electron chi connectivity index (χ3n) is 6.12. The van der Waals surface area contributed by atoms with Crippen molar-refractivity contribution in [1.82, 2.24) is 4.57 Å². The van der Waals surface area contributed by atoms with Crippen molar-refractivity contribution >= 4 is 43.6 Å². The van der Waals surface area contributed by atoms with Gasteiger partial charge in [0.2, 0.25) is 5.88 Å². The smallest absolute Gasteiger partial charge is 0.294 e. The second-order valence-corrected chi connectivity index (χ2v) is 11.5. The van der Waals surface area contributed by atoms with Gasteiger partial charge < -0.3 is 5.11 Å². The Morgan fingerprint density at radius 3 is 1.88 bits per heavy atom. The largest absolute Gasteiger partial charge is 0.494 e. The molecular weight excluding hydrogens is 576 g/mol. The van der Waals surface area contributed by atoms with E-state index in [1.807, 2.05) is 0 Å². The molecule has 0 saturated carbocycles. The first kappa shape index (κ1) is 29.1. The van der Waals surface area contributed by atoms with Gasteiger partial charge in [-0.05, 0) is 80.1 Å². The Kier molecular flexibility index (Phi) is 7.52. The Hall–Kier alpha value is -4.88. The van der Waals surface area contributed by atoms with Gasteiger partial charge in [-0.3, -0.25) is 18.7 Å². The van der Waals surface area contributed by atoms with Gasteiger partial charge in [-0.2, -0.15) is 32.2 Å². The number of carbonyl (C=O) groups is 1. The maximum Gasteiger partial charge on any atom is 0.294 e. The lowest BCUT2D eigenvalue weighted by Gasteiger charge is -2.14. The number of allylic oxidation sites excluding steroid dienone is 2. The molecule has 0 unspecified atom stereocenters. The van der Waals surface area contributed by atoms with Crippen LogP contribution >= 0.6 is 0 Å². The number of aromatic hydroxyl groups is 1. The van der Waals surface area contributed by atoms with Crippen molar-refractivity contribution in [3.63, 3.8) is 0 Å². The molecule has 15 heteroatoms. The summed E-state index contributed by atoms with van der Waals surface area (Å²) in [4.78, 5) is 25.2. The van der Waals surface area contributed by atoms with Gasteiger partial charge in [0.05, 0.1) is 32.5 Å². The maximum absolute atomic E-state index is 13.0. The minimum absolute atomic E-state index is 0.0222. The molecule has 4 rings (SSSR count). The summed E-state index contributed by atoms with van der Waals surface area (Å²) in [7, 11) is -8.92. The second kappa shape index (κ2) is 10.6. The first-order valence-corrected chi connectivity index (χ1v) is 14.4. The highest BCUT2D eigenvalue weighted by Gasteiger charge is 2.28. The Bertz CT molecular complexity index is 2000. The second-order valence-electron chi connectivity index (χ2n) is 8.67. The molecule has 1 amide bonds. The van der Waals surface area contributed by atoms with Crippen LogP contribution in [0.5, 0.6) is 5.88 Å². The minimum atomic E-state index is -4.50. The number of anilines is 1. The average molecular weight is 597 g/mol. The number of hydrogen-bond donors (Lipinski definition) is 3. The number of hydrazone groups is 1. The number of pyridine rings is 1. The highest BCUT2D eigenvalue weighted by atomic mass is 32.2. The molecule has 210 valence electrons. The average Bonchev–Trinajstić information content (AvgIpc) is 3.18. The number of hydrogen-bond acceptors (Lipinski definition) is 9. The van der Waals surface area contributed by atoms with Crippen LogP contribution in [0.4, 0.5) is 5.69 Å². The van der Waals surface area contributed by atoms with Crippen molar-refractivity contribution in [2.24, 2.45) is 5.10 Å². The third kappa shape index (κ3) is 5.58. The van der Waals surface area contributed by atoms with Gasteiger partial charge >= 0.3 is 0 Å². The monoisotopic (exact) mass is 596 g/mol. The number of nitriles is 1. The van der Waals surface area contributed by atoms with Crippen LogP contribution in [0.25, 0.3) is 11.8 Å². The topological polar surface area (TPSA) is 207 Å². The molecule has 3 N–H and O–H groups in total. The van der Waals surface area contributed by atoms with Gasteiger partial charge in [-0.25, -0.2) is 4.57 Å². The van der Waals surface area contributed by atoms with Gasteiger partial charge in [-0.15, -0.1) is 0 Å². The number of aromatic nitrogens is 1. The molecule has 0 atom stereocenters. The summed E-state index contributed by atoms with van der Waals surface area (Å²) in [5, 5.41) is 25.8. The van der Waals surface area contributed by atoms with Gasteiger partial charge in [0.1, 0.15) is 11.6 Å². The van der Waals surface area contributed by atoms with Crippen LogP contribution in [-0.2, 0) is 25.0 Å². The van der Waals surface area contributed by atoms with Gasteiger partial charge in [0.25, 0.3) is 31.7 Å². The van der Waals surface area contributed by atoms with Crippen molar-refractivity contribution < 1.29 is 35.8 Å². The lowest BCUT2D eigenvalue weighted by Crippen LogP contribution is -2.23. The van der Waals surface area contributed by atoms with E-state index < -0.39 is 42.5 Å². The van der Waals surface area contributed by atoms with Gasteiger partial charge in [0.15, 0.2) is 0 Å². The zero-order chi connectivity index (χ0) is 30.3. The summed E-state index contributed by atoms with van der Waals surface area (Å²) < 4.78 is 64.4. The fourth-order valence-electron chi connectivity index (χ4n) is 4.01. The predicted molar refractivity (Wildman–Crippen MR) is 147 cm³/mol. The molecule has 13 nitrogen and oxygen atoms in total. The number of benzene rings is 2. The highest BCUT2D eigenvalue weighted by Crippen LogP contribution is 2.28. The summed E-state index contributed by atoms with van der Waals surface area (Å²) in [6.07, 6.45) is 4.16. The molecule has 1 aliphatic heterocycles. The molecule has 0 radical (unpaired) electrons. The number of carbonyl (C=O) groups excluding carboxylic acids is 1. The molecule has 41 heavy (non-hydrogen) atoms. The zero-order valence-electron chi connectivity index (χ0n) is 21.2. The van der Waals surface area contributed by atoms with E-state index in [1.54, 1.807) is 13.0 Å². The van der Waals surface area contributed by atoms with Crippen molar-refractivity contribution in [3.05, 3.63) is 93.3 Å². The van der Waals surface area contributed by atoms with E-state index in [0.717, 1.165) is 33.8 Å². The van der Waals surface area contributed by atoms with Crippen LogP contribution in [0.15, 0.2) is 85.9 Å². The molecule has 0 fully saturated rings. The molecule has 0 spiro atoms. The number of nitrogens with zero attached hydrogens (tertiary/aromatic N) is 4. The maximum atomic E-state index is 13.0. The Morgan fingerprint density at radius 2 is 1.39 bits per heavy atom. The van der Waals surface area contributed by atoms with Crippen LogP contribution < -0.4 is 10.6 Å². The van der Waals surface area contributed by atoms with E-state index >= 15 is 0 Å². The van der Waals surface area contributed by atoms with Crippen LogP contribution in [0.1, 0.15) is 23.6 Å². The van der Waals surface area contributed by atoms with E-state index in [9.17, 15) is 41.3 Å². The van der Waals surface area contributed by atoms with Crippen LogP contribution in [0.2, 0.25) is 0 Å². The third-order valence-corrected chi connectivity index (χ3v) is 7.86. The van der Waals surface area contributed by atoms with E-state index in [-0.39, 0.29) is 38.5 Å². The molecule has 0 aliphatic carbocycles. The summed E-state index contributed by atoms with van der Waals surface area (Å²) in [6, 6.07) is 11.0. The van der Waals surface area contributed by atoms with Gasteiger partial charge in [0, 0.05) is 5.56 Å². The summed E-state index contributed by atoms with van der Waals surface area (Å²) in [6.45, 7) is 3.01. The molecule has 0 bridgehead atoms. The Balaban J connectivity index is 1.71. The van der Waals surface area contributed by atoms with Crippen LogP contribution in [-0.4, -0.2) is 47.2 Å². The van der Waals surface area contributed by atoms with E-state index in [0.29, 0.717) is 5.71 Å². The molecule has 1 aliphatic rings.